The van der Waals surface area contributed by atoms with Gasteiger partial charge in [0.1, 0.15) is 0 Å². The third-order valence-electron chi connectivity index (χ3n) is 4.52. The maximum absolute atomic E-state index is 12.8. The van der Waals surface area contributed by atoms with Gasteiger partial charge in [-0.1, -0.05) is 12.1 Å². The van der Waals surface area contributed by atoms with Crippen LogP contribution in [-0.4, -0.2) is 44.1 Å². The number of benzene rings is 1. The van der Waals surface area contributed by atoms with Gasteiger partial charge in [0, 0.05) is 24.0 Å². The molecule has 0 aliphatic carbocycles. The van der Waals surface area contributed by atoms with E-state index in [1.807, 2.05) is 37.1 Å². The molecule has 5 nitrogen and oxygen atoms in total. The molecule has 3 rings (SSSR count). The number of piperidine rings is 1. The first kappa shape index (κ1) is 14.9. The highest BCUT2D eigenvalue weighted by Crippen LogP contribution is 2.33. The largest absolute Gasteiger partial charge is 0.493 e. The topological polar surface area (TPSA) is 54.7 Å². The molecule has 1 saturated heterocycles. The summed E-state index contributed by atoms with van der Waals surface area (Å²) >= 11 is 0. The Morgan fingerprint density at radius 3 is 2.77 bits per heavy atom. The summed E-state index contributed by atoms with van der Waals surface area (Å²) in [4.78, 5) is 14.6. The first-order valence-corrected chi connectivity index (χ1v) is 7.67. The molecule has 0 spiro atoms. The third kappa shape index (κ3) is 2.46. The van der Waals surface area contributed by atoms with E-state index in [1.165, 1.54) is 0 Å². The highest BCUT2D eigenvalue weighted by Gasteiger charge is 2.27. The van der Waals surface area contributed by atoms with E-state index in [2.05, 4.69) is 5.32 Å². The minimum Gasteiger partial charge on any atom is -0.493 e. The maximum Gasteiger partial charge on any atom is 0.289 e. The van der Waals surface area contributed by atoms with E-state index >= 15 is 0 Å². The van der Waals surface area contributed by atoms with Crippen LogP contribution in [-0.2, 0) is 0 Å². The van der Waals surface area contributed by atoms with Crippen LogP contribution in [0.25, 0.3) is 11.0 Å². The van der Waals surface area contributed by atoms with Gasteiger partial charge in [0.15, 0.2) is 17.1 Å². The van der Waals surface area contributed by atoms with Gasteiger partial charge in [0.25, 0.3) is 5.91 Å². The number of hydrogen-bond acceptors (Lipinski definition) is 4. The molecule has 22 heavy (non-hydrogen) atoms. The Hall–Kier alpha value is -2.01. The normalized spacial score (nSPS) is 16.0. The van der Waals surface area contributed by atoms with Gasteiger partial charge in [0.2, 0.25) is 0 Å². The predicted molar refractivity (Wildman–Crippen MR) is 85.5 cm³/mol. The van der Waals surface area contributed by atoms with Gasteiger partial charge in [-0.15, -0.1) is 0 Å². The van der Waals surface area contributed by atoms with Gasteiger partial charge in [-0.3, -0.25) is 4.79 Å². The summed E-state index contributed by atoms with van der Waals surface area (Å²) in [5, 5.41) is 4.25. The Morgan fingerprint density at radius 2 is 2.09 bits per heavy atom. The van der Waals surface area contributed by atoms with Gasteiger partial charge in [-0.25, -0.2) is 0 Å². The SMILES string of the molecule is COc1cccc2c(C)c(C(=O)N(C)C3CCNCC3)oc12. The second kappa shape index (κ2) is 6.01. The number of fused-ring (bicyclic) bond motifs is 1. The molecular formula is C17H22N2O3. The Morgan fingerprint density at radius 1 is 1.36 bits per heavy atom. The van der Waals surface area contributed by atoms with E-state index in [-0.39, 0.29) is 11.9 Å². The van der Waals surface area contributed by atoms with E-state index in [9.17, 15) is 4.79 Å². The van der Waals surface area contributed by atoms with Crippen LogP contribution < -0.4 is 10.1 Å². The van der Waals surface area contributed by atoms with Crippen LogP contribution in [0.15, 0.2) is 22.6 Å². The van der Waals surface area contributed by atoms with E-state index in [0.29, 0.717) is 17.1 Å². The molecule has 2 heterocycles. The lowest BCUT2D eigenvalue weighted by Crippen LogP contribution is -2.44. The molecule has 1 aliphatic heterocycles. The molecule has 1 aromatic heterocycles. The fourth-order valence-corrected chi connectivity index (χ4v) is 3.10. The lowest BCUT2D eigenvalue weighted by atomic mass is 10.0. The molecule has 0 saturated carbocycles. The van der Waals surface area contributed by atoms with Crippen LogP contribution >= 0.6 is 0 Å². The summed E-state index contributed by atoms with van der Waals surface area (Å²) < 4.78 is 11.2. The molecule has 1 aromatic carbocycles. The van der Waals surface area contributed by atoms with Gasteiger partial charge < -0.3 is 19.4 Å². The number of ether oxygens (including phenoxy) is 1. The third-order valence-corrected chi connectivity index (χ3v) is 4.52. The summed E-state index contributed by atoms with van der Waals surface area (Å²) in [5.74, 6) is 1.02. The minimum atomic E-state index is -0.0531. The minimum absolute atomic E-state index is 0.0531. The predicted octanol–water partition coefficient (Wildman–Crippen LogP) is 2.57. The van der Waals surface area contributed by atoms with Crippen molar-refractivity contribution in [3.63, 3.8) is 0 Å². The number of rotatable bonds is 3. The van der Waals surface area contributed by atoms with Crippen molar-refractivity contribution < 1.29 is 13.9 Å². The van der Waals surface area contributed by atoms with Crippen LogP contribution in [0.1, 0.15) is 29.0 Å². The average Bonchev–Trinajstić information content (AvgIpc) is 2.91. The highest BCUT2D eigenvalue weighted by atomic mass is 16.5. The number of hydrogen-bond donors (Lipinski definition) is 1. The fraction of sp³-hybridized carbons (Fsp3) is 0.471. The lowest BCUT2D eigenvalue weighted by molar-refractivity contribution is 0.0672. The van der Waals surface area contributed by atoms with Crippen LogP contribution in [0.5, 0.6) is 5.75 Å². The number of methoxy groups -OCH3 is 1. The second-order valence-electron chi connectivity index (χ2n) is 5.79. The van der Waals surface area contributed by atoms with Crippen LogP contribution in [0, 0.1) is 6.92 Å². The summed E-state index contributed by atoms with van der Waals surface area (Å²) in [6, 6.07) is 5.98. The zero-order valence-electron chi connectivity index (χ0n) is 13.3. The molecule has 5 heteroatoms. The molecule has 0 radical (unpaired) electrons. The number of aryl methyl sites for hydroxylation is 1. The number of para-hydroxylation sites is 1. The monoisotopic (exact) mass is 302 g/mol. The average molecular weight is 302 g/mol. The van der Waals surface area contributed by atoms with Crippen molar-refractivity contribution in [2.45, 2.75) is 25.8 Å². The molecule has 1 fully saturated rings. The Bertz CT molecular complexity index is 687. The smallest absolute Gasteiger partial charge is 0.289 e. The molecule has 0 atom stereocenters. The molecule has 0 unspecified atom stereocenters. The van der Waals surface area contributed by atoms with Gasteiger partial charge in [-0.05, 0) is 38.9 Å². The van der Waals surface area contributed by atoms with Crippen molar-refractivity contribution in [3.8, 4) is 5.75 Å². The van der Waals surface area contributed by atoms with Crippen molar-refractivity contribution in [1.29, 1.82) is 0 Å². The second-order valence-corrected chi connectivity index (χ2v) is 5.79. The first-order valence-electron chi connectivity index (χ1n) is 7.67. The molecule has 118 valence electrons. The summed E-state index contributed by atoms with van der Waals surface area (Å²) in [6.45, 7) is 3.83. The van der Waals surface area contributed by atoms with E-state index < -0.39 is 0 Å². The molecule has 2 aromatic rings. The van der Waals surface area contributed by atoms with E-state index in [0.717, 1.165) is 36.9 Å². The van der Waals surface area contributed by atoms with Gasteiger partial charge in [-0.2, -0.15) is 0 Å². The number of nitrogens with one attached hydrogen (secondary N) is 1. The number of amides is 1. The van der Waals surface area contributed by atoms with Crippen molar-refractivity contribution in [3.05, 3.63) is 29.5 Å². The summed E-state index contributed by atoms with van der Waals surface area (Å²) in [5.41, 5.74) is 1.52. The fourth-order valence-electron chi connectivity index (χ4n) is 3.10. The summed E-state index contributed by atoms with van der Waals surface area (Å²) in [6.07, 6.45) is 1.95. The van der Waals surface area contributed by atoms with Crippen LogP contribution in [0.3, 0.4) is 0 Å². The summed E-state index contributed by atoms with van der Waals surface area (Å²) in [7, 11) is 3.47. The molecule has 1 N–H and O–H groups in total. The Balaban J connectivity index is 1.95. The number of carbonyl (C=O) groups excluding carboxylic acids is 1. The maximum atomic E-state index is 12.8. The number of nitrogens with zero attached hydrogens (tertiary/aromatic N) is 1. The van der Waals surface area contributed by atoms with Crippen molar-refractivity contribution in [1.82, 2.24) is 10.2 Å². The van der Waals surface area contributed by atoms with Crippen molar-refractivity contribution in [2.75, 3.05) is 27.2 Å². The Labute approximate surface area is 130 Å². The van der Waals surface area contributed by atoms with E-state index in [1.54, 1.807) is 7.11 Å². The zero-order chi connectivity index (χ0) is 15.7. The van der Waals surface area contributed by atoms with E-state index in [4.69, 9.17) is 9.15 Å². The van der Waals surface area contributed by atoms with Gasteiger partial charge in [0.05, 0.1) is 7.11 Å². The van der Waals surface area contributed by atoms with Crippen LogP contribution in [0.4, 0.5) is 0 Å². The van der Waals surface area contributed by atoms with Crippen molar-refractivity contribution >= 4 is 16.9 Å². The standard InChI is InChI=1S/C17H22N2O3/c1-11-13-5-4-6-14(21-3)16(13)22-15(11)17(20)19(2)12-7-9-18-10-8-12/h4-6,12,18H,7-10H2,1-3H3. The lowest BCUT2D eigenvalue weighted by Gasteiger charge is -2.31. The first-order chi connectivity index (χ1) is 10.6. The number of furan rings is 1. The quantitative estimate of drug-likeness (QED) is 0.947. The molecule has 1 aliphatic rings. The Kier molecular flexibility index (Phi) is 4.07. The molecule has 0 bridgehead atoms. The highest BCUT2D eigenvalue weighted by molar-refractivity contribution is 6.00. The molecule has 1 amide bonds. The van der Waals surface area contributed by atoms with Gasteiger partial charge >= 0.3 is 0 Å². The molecular weight excluding hydrogens is 280 g/mol. The van der Waals surface area contributed by atoms with Crippen molar-refractivity contribution in [2.24, 2.45) is 0 Å². The van der Waals surface area contributed by atoms with Crippen LogP contribution in [0.2, 0.25) is 0 Å². The number of carbonyl (C=O) groups is 1. The zero-order valence-corrected chi connectivity index (χ0v) is 13.3.